The number of halogens is 1. The van der Waals surface area contributed by atoms with Crippen molar-refractivity contribution < 1.29 is 9.18 Å². The van der Waals surface area contributed by atoms with Crippen molar-refractivity contribution in [1.82, 2.24) is 29.1 Å². The van der Waals surface area contributed by atoms with Gasteiger partial charge in [0.1, 0.15) is 17.3 Å². The van der Waals surface area contributed by atoms with E-state index in [1.165, 1.54) is 12.1 Å². The minimum atomic E-state index is -0.305. The van der Waals surface area contributed by atoms with Crippen molar-refractivity contribution in [2.24, 2.45) is 7.05 Å². The number of carbonyl (C=O) groups excluding carboxylic acids is 1. The third-order valence-electron chi connectivity index (χ3n) is 6.17. The second kappa shape index (κ2) is 8.38. The molecule has 0 aliphatic heterocycles. The van der Waals surface area contributed by atoms with Gasteiger partial charge in [0.25, 0.3) is 5.91 Å². The van der Waals surface area contributed by atoms with E-state index in [-0.39, 0.29) is 11.7 Å². The van der Waals surface area contributed by atoms with Gasteiger partial charge in [-0.2, -0.15) is 5.10 Å². The molecule has 1 amide bonds. The summed E-state index contributed by atoms with van der Waals surface area (Å²) in [6, 6.07) is 17.2. The summed E-state index contributed by atoms with van der Waals surface area (Å²) in [7, 11) is 1.91. The van der Waals surface area contributed by atoms with Gasteiger partial charge in [-0.15, -0.1) is 0 Å². The fraction of sp³-hybridized carbons (Fsp3) is 0.0741. The Balaban J connectivity index is 1.36. The zero-order chi connectivity index (χ0) is 24.8. The van der Waals surface area contributed by atoms with Crippen molar-refractivity contribution in [2.45, 2.75) is 6.92 Å². The summed E-state index contributed by atoms with van der Waals surface area (Å²) in [6.07, 6.45) is 5.06. The number of anilines is 1. The number of pyridine rings is 1. The van der Waals surface area contributed by atoms with Gasteiger partial charge >= 0.3 is 0 Å². The second-order valence-electron chi connectivity index (χ2n) is 8.43. The lowest BCUT2D eigenvalue weighted by Gasteiger charge is -2.07. The van der Waals surface area contributed by atoms with E-state index in [1.807, 2.05) is 48.9 Å². The van der Waals surface area contributed by atoms with Crippen LogP contribution >= 0.6 is 0 Å². The van der Waals surface area contributed by atoms with Crippen LogP contribution in [0.1, 0.15) is 16.2 Å². The lowest BCUT2D eigenvalue weighted by Crippen LogP contribution is -2.12. The molecule has 6 aromatic rings. The molecular formula is C27H20FN7O. The normalized spacial score (nSPS) is 11.3. The average molecular weight is 478 g/mol. The third-order valence-corrected chi connectivity index (χ3v) is 6.17. The first kappa shape index (κ1) is 21.6. The molecule has 2 aromatic carbocycles. The summed E-state index contributed by atoms with van der Waals surface area (Å²) in [5.74, 6) is 0.614. The van der Waals surface area contributed by atoms with Gasteiger partial charge in [0.05, 0.1) is 17.6 Å². The number of hydrogen-bond acceptors (Lipinski definition) is 5. The number of amides is 1. The van der Waals surface area contributed by atoms with E-state index in [2.05, 4.69) is 20.3 Å². The minimum Gasteiger partial charge on any atom is -0.330 e. The average Bonchev–Trinajstić information content (AvgIpc) is 3.43. The van der Waals surface area contributed by atoms with Gasteiger partial charge in [0.2, 0.25) is 0 Å². The molecule has 8 nitrogen and oxygen atoms in total. The first-order chi connectivity index (χ1) is 17.5. The Labute approximate surface area is 205 Å². The monoisotopic (exact) mass is 477 g/mol. The molecule has 0 saturated carbocycles. The molecule has 0 atom stereocenters. The molecule has 4 aromatic heterocycles. The zero-order valence-electron chi connectivity index (χ0n) is 19.5. The molecule has 0 aliphatic carbocycles. The highest BCUT2D eigenvalue weighted by Gasteiger charge is 2.19. The number of rotatable bonds is 4. The Morgan fingerprint density at radius 1 is 1.00 bits per heavy atom. The highest BCUT2D eigenvalue weighted by molar-refractivity contribution is 6.12. The van der Waals surface area contributed by atoms with Crippen LogP contribution in [0.4, 0.5) is 10.2 Å². The number of aromatic nitrogens is 6. The van der Waals surface area contributed by atoms with Crippen LogP contribution in [-0.4, -0.2) is 35.0 Å². The molecule has 0 bridgehead atoms. The number of carbonyl (C=O) groups is 1. The maximum absolute atomic E-state index is 13.5. The van der Waals surface area contributed by atoms with Crippen molar-refractivity contribution >= 4 is 28.1 Å². The van der Waals surface area contributed by atoms with Crippen LogP contribution < -0.4 is 5.32 Å². The molecule has 36 heavy (non-hydrogen) atoms. The van der Waals surface area contributed by atoms with Crippen LogP contribution in [0.3, 0.4) is 0 Å². The fourth-order valence-corrected chi connectivity index (χ4v) is 4.29. The Morgan fingerprint density at radius 2 is 1.83 bits per heavy atom. The van der Waals surface area contributed by atoms with E-state index in [1.54, 1.807) is 41.3 Å². The van der Waals surface area contributed by atoms with Crippen LogP contribution in [0.15, 0.2) is 79.3 Å². The molecule has 9 heteroatoms. The summed E-state index contributed by atoms with van der Waals surface area (Å²) in [5.41, 5.74) is 4.08. The topological polar surface area (TPSA) is 90.0 Å². The molecule has 1 N–H and O–H groups in total. The van der Waals surface area contributed by atoms with Crippen LogP contribution in [0.25, 0.3) is 39.1 Å². The quantitative estimate of drug-likeness (QED) is 0.384. The highest BCUT2D eigenvalue weighted by Crippen LogP contribution is 2.31. The Morgan fingerprint density at radius 3 is 2.67 bits per heavy atom. The summed E-state index contributed by atoms with van der Waals surface area (Å²) < 4.78 is 17.0. The predicted octanol–water partition coefficient (Wildman–Crippen LogP) is 5.04. The Hall–Kier alpha value is -4.92. The molecule has 0 radical (unpaired) electrons. The molecule has 0 unspecified atom stereocenters. The smallest absolute Gasteiger partial charge is 0.257 e. The zero-order valence-corrected chi connectivity index (χ0v) is 19.5. The first-order valence-electron chi connectivity index (χ1n) is 11.3. The Kier molecular flexibility index (Phi) is 5.03. The predicted molar refractivity (Wildman–Crippen MR) is 135 cm³/mol. The maximum atomic E-state index is 13.5. The third kappa shape index (κ3) is 3.67. The van der Waals surface area contributed by atoms with E-state index in [4.69, 9.17) is 5.10 Å². The number of nitrogens with zero attached hydrogens (tertiary/aromatic N) is 6. The number of aryl methyl sites for hydroxylation is 1. The molecule has 176 valence electrons. The molecule has 6 rings (SSSR count). The SMILES string of the molecule is Cc1nc(-c2ccc(F)cc2)c(-c2ccc3nc(NC(=O)c4cccc5cnccc45)cn3n2)n1C. The van der Waals surface area contributed by atoms with Crippen molar-refractivity contribution in [3.63, 3.8) is 0 Å². The van der Waals surface area contributed by atoms with Crippen molar-refractivity contribution in [3.05, 3.63) is 96.5 Å². The standard InChI is InChI=1S/C27H20FN7O/c1-16-30-25(17-6-8-19(28)9-7-17)26(34(16)2)22-10-11-24-31-23(15-35(24)33-22)32-27(36)21-5-3-4-18-14-29-13-12-20(18)21/h3-15H,1-2H3,(H,32,36). The largest absolute Gasteiger partial charge is 0.330 e. The molecule has 0 fully saturated rings. The van der Waals surface area contributed by atoms with Crippen LogP contribution in [-0.2, 0) is 7.05 Å². The maximum Gasteiger partial charge on any atom is 0.257 e. The number of nitrogens with one attached hydrogen (secondary N) is 1. The van der Waals surface area contributed by atoms with E-state index in [0.717, 1.165) is 27.9 Å². The van der Waals surface area contributed by atoms with Crippen LogP contribution in [0.2, 0.25) is 0 Å². The summed E-state index contributed by atoms with van der Waals surface area (Å²) >= 11 is 0. The molecule has 0 aliphatic rings. The lowest BCUT2D eigenvalue weighted by atomic mass is 10.1. The number of hydrogen-bond donors (Lipinski definition) is 1. The van der Waals surface area contributed by atoms with Crippen LogP contribution in [0, 0.1) is 12.7 Å². The van der Waals surface area contributed by atoms with Gasteiger partial charge in [-0.1, -0.05) is 12.1 Å². The highest BCUT2D eigenvalue weighted by atomic mass is 19.1. The number of benzene rings is 2. The van der Waals surface area contributed by atoms with E-state index in [0.29, 0.717) is 28.4 Å². The molecule has 4 heterocycles. The van der Waals surface area contributed by atoms with Crippen molar-refractivity contribution in [2.75, 3.05) is 5.32 Å². The van der Waals surface area contributed by atoms with Gasteiger partial charge < -0.3 is 9.88 Å². The Bertz CT molecular complexity index is 1760. The first-order valence-corrected chi connectivity index (χ1v) is 11.3. The van der Waals surface area contributed by atoms with E-state index >= 15 is 0 Å². The van der Waals surface area contributed by atoms with Gasteiger partial charge in [0, 0.05) is 36.0 Å². The molecular weight excluding hydrogens is 457 g/mol. The van der Waals surface area contributed by atoms with E-state index in [9.17, 15) is 9.18 Å². The summed E-state index contributed by atoms with van der Waals surface area (Å²) in [4.78, 5) is 26.3. The van der Waals surface area contributed by atoms with Crippen molar-refractivity contribution in [3.8, 4) is 22.6 Å². The van der Waals surface area contributed by atoms with E-state index < -0.39 is 0 Å². The number of fused-ring (bicyclic) bond motifs is 2. The second-order valence-corrected chi connectivity index (χ2v) is 8.43. The van der Waals surface area contributed by atoms with Gasteiger partial charge in [-0.05, 0) is 60.8 Å². The summed E-state index contributed by atoms with van der Waals surface area (Å²) in [5, 5.41) is 9.30. The van der Waals surface area contributed by atoms with Crippen molar-refractivity contribution in [1.29, 1.82) is 0 Å². The van der Waals surface area contributed by atoms with Gasteiger partial charge in [0.15, 0.2) is 11.5 Å². The van der Waals surface area contributed by atoms with Gasteiger partial charge in [-0.25, -0.2) is 18.9 Å². The number of imidazole rings is 2. The minimum absolute atomic E-state index is 0.267. The molecule has 0 spiro atoms. The molecule has 0 saturated heterocycles. The van der Waals surface area contributed by atoms with Gasteiger partial charge in [-0.3, -0.25) is 9.78 Å². The van der Waals surface area contributed by atoms with Crippen LogP contribution in [0.5, 0.6) is 0 Å². The lowest BCUT2D eigenvalue weighted by molar-refractivity contribution is 0.102. The summed E-state index contributed by atoms with van der Waals surface area (Å²) in [6.45, 7) is 1.91. The fourth-order valence-electron chi connectivity index (χ4n) is 4.29.